The number of aromatic nitrogens is 2. The van der Waals surface area contributed by atoms with Crippen LogP contribution in [0.4, 0.5) is 27.5 Å². The van der Waals surface area contributed by atoms with Crippen molar-refractivity contribution >= 4 is 23.1 Å². The van der Waals surface area contributed by atoms with E-state index in [1.807, 2.05) is 67.6 Å². The minimum atomic E-state index is -0.360. The Balaban J connectivity index is 1.47. The largest absolute Gasteiger partial charge is 0.457 e. The molecule has 4 aromatic rings. The monoisotopic (exact) mass is 386 g/mol. The molecule has 6 heteroatoms. The van der Waals surface area contributed by atoms with Crippen LogP contribution in [0.25, 0.3) is 0 Å². The molecule has 0 aliphatic carbocycles. The maximum absolute atomic E-state index is 13.9. The number of hydrogen-bond acceptors (Lipinski definition) is 5. The molecule has 0 amide bonds. The van der Waals surface area contributed by atoms with Crippen molar-refractivity contribution in [3.63, 3.8) is 0 Å². The molecule has 5 nitrogen and oxygen atoms in total. The zero-order valence-corrected chi connectivity index (χ0v) is 15.8. The highest BCUT2D eigenvalue weighted by Crippen LogP contribution is 2.25. The van der Waals surface area contributed by atoms with Crippen molar-refractivity contribution in [2.45, 2.75) is 6.92 Å². The Labute approximate surface area is 168 Å². The second-order valence-electron chi connectivity index (χ2n) is 6.39. The highest BCUT2D eigenvalue weighted by Gasteiger charge is 2.07. The van der Waals surface area contributed by atoms with Crippen molar-refractivity contribution in [3.8, 4) is 11.5 Å². The van der Waals surface area contributed by atoms with Crippen molar-refractivity contribution in [2.24, 2.45) is 0 Å². The topological polar surface area (TPSA) is 59.1 Å². The van der Waals surface area contributed by atoms with Gasteiger partial charge >= 0.3 is 0 Å². The fourth-order valence-corrected chi connectivity index (χ4v) is 2.75. The van der Waals surface area contributed by atoms with Gasteiger partial charge in [0.15, 0.2) is 0 Å². The fourth-order valence-electron chi connectivity index (χ4n) is 2.75. The average Bonchev–Trinajstić information content (AvgIpc) is 2.72. The van der Waals surface area contributed by atoms with Crippen LogP contribution in [0.15, 0.2) is 84.9 Å². The lowest BCUT2D eigenvalue weighted by atomic mass is 10.3. The summed E-state index contributed by atoms with van der Waals surface area (Å²) in [6.07, 6.45) is 0. The minimum absolute atomic E-state index is 0.321. The Bertz CT molecular complexity index is 1100. The Morgan fingerprint density at radius 1 is 0.759 bits per heavy atom. The van der Waals surface area contributed by atoms with Gasteiger partial charge in [0.2, 0.25) is 5.95 Å². The average molecular weight is 386 g/mol. The first kappa shape index (κ1) is 18.4. The number of nitrogens with one attached hydrogen (secondary N) is 2. The molecule has 1 aromatic heterocycles. The number of hydrogen-bond donors (Lipinski definition) is 2. The maximum atomic E-state index is 13.9. The number of anilines is 4. The van der Waals surface area contributed by atoms with Crippen molar-refractivity contribution in [3.05, 3.63) is 96.4 Å². The molecule has 0 aliphatic heterocycles. The van der Waals surface area contributed by atoms with Crippen LogP contribution >= 0.6 is 0 Å². The molecule has 0 unspecified atom stereocenters. The van der Waals surface area contributed by atoms with Crippen LogP contribution in [0.3, 0.4) is 0 Å². The standard InChI is InChI=1S/C23H19FN4O/c1-16-15-22(28-23(25-16)27-21-10-6-5-9-20(21)24)26-17-11-13-19(14-12-17)29-18-7-3-2-4-8-18/h2-15H,1H3,(H2,25,26,27,28). The van der Waals surface area contributed by atoms with Crippen LogP contribution in [-0.4, -0.2) is 9.97 Å². The van der Waals surface area contributed by atoms with Crippen LogP contribution in [0.5, 0.6) is 11.5 Å². The molecule has 29 heavy (non-hydrogen) atoms. The molecule has 3 aromatic carbocycles. The number of para-hydroxylation sites is 2. The maximum Gasteiger partial charge on any atom is 0.229 e. The lowest BCUT2D eigenvalue weighted by Crippen LogP contribution is -2.03. The van der Waals surface area contributed by atoms with Gasteiger partial charge in [-0.1, -0.05) is 30.3 Å². The van der Waals surface area contributed by atoms with Crippen LogP contribution in [0, 0.1) is 12.7 Å². The van der Waals surface area contributed by atoms with Crippen molar-refractivity contribution < 1.29 is 9.13 Å². The fraction of sp³-hybridized carbons (Fsp3) is 0.0435. The van der Waals surface area contributed by atoms with E-state index in [4.69, 9.17) is 4.74 Å². The lowest BCUT2D eigenvalue weighted by Gasteiger charge is -2.11. The lowest BCUT2D eigenvalue weighted by molar-refractivity contribution is 0.483. The van der Waals surface area contributed by atoms with E-state index in [1.165, 1.54) is 6.07 Å². The summed E-state index contributed by atoms with van der Waals surface area (Å²) in [5, 5.41) is 6.15. The second kappa shape index (κ2) is 8.39. The Hall–Kier alpha value is -3.93. The molecule has 0 fully saturated rings. The third-order valence-corrected chi connectivity index (χ3v) is 4.08. The molecular weight excluding hydrogens is 367 g/mol. The SMILES string of the molecule is Cc1cc(Nc2ccc(Oc3ccccc3)cc2)nc(Nc2ccccc2F)n1. The van der Waals surface area contributed by atoms with E-state index in [-0.39, 0.29) is 5.82 Å². The molecular formula is C23H19FN4O. The third-order valence-electron chi connectivity index (χ3n) is 4.08. The Morgan fingerprint density at radius 2 is 1.45 bits per heavy atom. The van der Waals surface area contributed by atoms with E-state index >= 15 is 0 Å². The van der Waals surface area contributed by atoms with Gasteiger partial charge in [0.25, 0.3) is 0 Å². The molecule has 0 bridgehead atoms. The molecule has 1 heterocycles. The number of aryl methyl sites for hydroxylation is 1. The number of halogens is 1. The van der Waals surface area contributed by atoms with E-state index < -0.39 is 0 Å². The Kier molecular flexibility index (Phi) is 5.33. The van der Waals surface area contributed by atoms with Crippen LogP contribution < -0.4 is 15.4 Å². The zero-order chi connectivity index (χ0) is 20.1. The quantitative estimate of drug-likeness (QED) is 0.413. The summed E-state index contributed by atoms with van der Waals surface area (Å²) in [6, 6.07) is 25.4. The molecule has 0 aliphatic rings. The highest BCUT2D eigenvalue weighted by molar-refractivity contribution is 5.61. The summed E-state index contributed by atoms with van der Waals surface area (Å²) >= 11 is 0. The van der Waals surface area contributed by atoms with E-state index in [1.54, 1.807) is 18.2 Å². The minimum Gasteiger partial charge on any atom is -0.457 e. The highest BCUT2D eigenvalue weighted by atomic mass is 19.1. The smallest absolute Gasteiger partial charge is 0.229 e. The second-order valence-corrected chi connectivity index (χ2v) is 6.39. The van der Waals surface area contributed by atoms with Gasteiger partial charge in [-0.05, 0) is 55.5 Å². The first-order chi connectivity index (χ1) is 14.2. The van der Waals surface area contributed by atoms with Crippen molar-refractivity contribution in [2.75, 3.05) is 10.6 Å². The van der Waals surface area contributed by atoms with Crippen molar-refractivity contribution in [1.29, 1.82) is 0 Å². The molecule has 2 N–H and O–H groups in total. The van der Waals surface area contributed by atoms with Gasteiger partial charge < -0.3 is 15.4 Å². The molecule has 144 valence electrons. The van der Waals surface area contributed by atoms with Gasteiger partial charge in [-0.15, -0.1) is 0 Å². The molecule has 0 spiro atoms. The van der Waals surface area contributed by atoms with E-state index in [0.717, 1.165) is 22.9 Å². The van der Waals surface area contributed by atoms with E-state index in [0.29, 0.717) is 17.5 Å². The first-order valence-corrected chi connectivity index (χ1v) is 9.13. The van der Waals surface area contributed by atoms with Crippen LogP contribution in [-0.2, 0) is 0 Å². The Morgan fingerprint density at radius 3 is 2.21 bits per heavy atom. The molecule has 0 radical (unpaired) electrons. The van der Waals surface area contributed by atoms with E-state index in [2.05, 4.69) is 20.6 Å². The van der Waals surface area contributed by atoms with Crippen LogP contribution in [0.2, 0.25) is 0 Å². The first-order valence-electron chi connectivity index (χ1n) is 9.13. The van der Waals surface area contributed by atoms with Gasteiger partial charge in [-0.25, -0.2) is 9.37 Å². The summed E-state index contributed by atoms with van der Waals surface area (Å²) in [6.45, 7) is 1.86. The molecule has 0 saturated carbocycles. The van der Waals surface area contributed by atoms with Crippen LogP contribution in [0.1, 0.15) is 5.69 Å². The summed E-state index contributed by atoms with van der Waals surface area (Å²) in [5.41, 5.74) is 1.93. The molecule has 0 atom stereocenters. The predicted molar refractivity (Wildman–Crippen MR) is 113 cm³/mol. The summed E-state index contributed by atoms with van der Waals surface area (Å²) in [4.78, 5) is 8.75. The van der Waals surface area contributed by atoms with Gasteiger partial charge in [0.05, 0.1) is 5.69 Å². The normalized spacial score (nSPS) is 10.4. The van der Waals surface area contributed by atoms with Gasteiger partial charge in [-0.2, -0.15) is 4.98 Å². The summed E-state index contributed by atoms with van der Waals surface area (Å²) < 4.78 is 19.7. The van der Waals surface area contributed by atoms with Gasteiger partial charge in [0, 0.05) is 17.4 Å². The molecule has 0 saturated heterocycles. The summed E-state index contributed by atoms with van der Waals surface area (Å²) in [5.74, 6) is 2.09. The molecule has 4 rings (SSSR count). The van der Waals surface area contributed by atoms with E-state index in [9.17, 15) is 4.39 Å². The van der Waals surface area contributed by atoms with Gasteiger partial charge in [0.1, 0.15) is 23.1 Å². The number of ether oxygens (including phenoxy) is 1. The third kappa shape index (κ3) is 4.87. The summed E-state index contributed by atoms with van der Waals surface area (Å²) in [7, 11) is 0. The zero-order valence-electron chi connectivity index (χ0n) is 15.8. The number of rotatable bonds is 6. The van der Waals surface area contributed by atoms with Crippen molar-refractivity contribution in [1.82, 2.24) is 9.97 Å². The number of benzene rings is 3. The van der Waals surface area contributed by atoms with Gasteiger partial charge in [-0.3, -0.25) is 0 Å². The predicted octanol–water partition coefficient (Wildman–Crippen LogP) is 6.20. The number of nitrogens with zero attached hydrogens (tertiary/aromatic N) is 2.